The van der Waals surface area contributed by atoms with Gasteiger partial charge in [-0.05, 0) is 59.5 Å². The third-order valence-electron chi connectivity index (χ3n) is 6.11. The standard InChI is InChI=1S/C28H29N3O5/c1-34-27-16-24(35-28-15-23(33)14-25(17-32)36-28)9-6-20(27)5-8-22-13-21(30-31-22)7-3-18-2-4-19-10-11-29-26(19)12-18/h2-13,16,23,25,28-29,32-33H,14-15,17H2,1H3,(H,30,31)/b7-3+,8-5+. The van der Waals surface area contributed by atoms with Crippen LogP contribution in [0.2, 0.25) is 0 Å². The fourth-order valence-corrected chi connectivity index (χ4v) is 4.25. The Kier molecular flexibility index (Phi) is 7.18. The molecule has 3 heterocycles. The Morgan fingerprint density at radius 1 is 1.06 bits per heavy atom. The molecule has 8 nitrogen and oxygen atoms in total. The second kappa shape index (κ2) is 10.8. The molecular formula is C28H29N3O5. The highest BCUT2D eigenvalue weighted by Gasteiger charge is 2.29. The number of nitrogens with zero attached hydrogens (tertiary/aromatic N) is 1. The summed E-state index contributed by atoms with van der Waals surface area (Å²) in [5, 5.41) is 27.9. The van der Waals surface area contributed by atoms with E-state index in [9.17, 15) is 10.2 Å². The van der Waals surface area contributed by atoms with E-state index in [2.05, 4.69) is 39.4 Å². The van der Waals surface area contributed by atoms with Crippen LogP contribution in [0.4, 0.5) is 0 Å². The molecule has 3 atom stereocenters. The molecule has 186 valence electrons. The SMILES string of the molecule is COc1cc(OC2CC(O)CC(CO)O2)ccc1/C=C/c1cc(/C=C/c2ccc3cc[nH]c3c2)n[nH]1. The smallest absolute Gasteiger partial charge is 0.202 e. The van der Waals surface area contributed by atoms with E-state index < -0.39 is 18.5 Å². The average Bonchev–Trinajstić information content (AvgIpc) is 3.55. The molecule has 0 aliphatic carbocycles. The lowest BCUT2D eigenvalue weighted by Gasteiger charge is -2.32. The lowest BCUT2D eigenvalue weighted by Crippen LogP contribution is -2.40. The van der Waals surface area contributed by atoms with E-state index in [-0.39, 0.29) is 6.61 Å². The van der Waals surface area contributed by atoms with Gasteiger partial charge in [0.1, 0.15) is 11.5 Å². The molecule has 8 heteroatoms. The van der Waals surface area contributed by atoms with Crippen LogP contribution in [-0.4, -0.2) is 57.6 Å². The third kappa shape index (κ3) is 5.68. The molecule has 36 heavy (non-hydrogen) atoms. The molecular weight excluding hydrogens is 458 g/mol. The van der Waals surface area contributed by atoms with Crippen LogP contribution in [-0.2, 0) is 4.74 Å². The number of methoxy groups -OCH3 is 1. The molecule has 5 rings (SSSR count). The molecule has 2 aromatic heterocycles. The number of aromatic amines is 2. The van der Waals surface area contributed by atoms with Crippen LogP contribution in [0.1, 0.15) is 35.4 Å². The number of aliphatic hydroxyl groups excluding tert-OH is 2. The first-order valence-corrected chi connectivity index (χ1v) is 11.9. The molecule has 4 N–H and O–H groups in total. The molecule has 3 unspecified atom stereocenters. The largest absolute Gasteiger partial charge is 0.496 e. The maximum absolute atomic E-state index is 9.99. The van der Waals surface area contributed by atoms with Crippen molar-refractivity contribution in [1.29, 1.82) is 0 Å². The van der Waals surface area contributed by atoms with Crippen LogP contribution < -0.4 is 9.47 Å². The Morgan fingerprint density at radius 3 is 2.83 bits per heavy atom. The third-order valence-corrected chi connectivity index (χ3v) is 6.11. The van der Waals surface area contributed by atoms with Crippen LogP contribution in [0.3, 0.4) is 0 Å². The minimum absolute atomic E-state index is 0.154. The van der Waals surface area contributed by atoms with Gasteiger partial charge in [0, 0.05) is 36.2 Å². The van der Waals surface area contributed by atoms with Crippen molar-refractivity contribution in [2.24, 2.45) is 0 Å². The summed E-state index contributed by atoms with van der Waals surface area (Å²) < 4.78 is 17.1. The number of nitrogens with one attached hydrogen (secondary N) is 2. The Morgan fingerprint density at radius 2 is 1.97 bits per heavy atom. The molecule has 0 radical (unpaired) electrons. The first-order valence-electron chi connectivity index (χ1n) is 11.9. The number of hydrogen-bond donors (Lipinski definition) is 4. The van der Waals surface area contributed by atoms with Crippen molar-refractivity contribution in [2.45, 2.75) is 31.3 Å². The number of hydrogen-bond acceptors (Lipinski definition) is 6. The molecule has 1 fully saturated rings. The van der Waals surface area contributed by atoms with Crippen LogP contribution in [0.15, 0.2) is 54.7 Å². The highest BCUT2D eigenvalue weighted by Crippen LogP contribution is 2.29. The van der Waals surface area contributed by atoms with E-state index in [0.29, 0.717) is 24.3 Å². The maximum atomic E-state index is 9.99. The first kappa shape index (κ1) is 23.9. The first-order chi connectivity index (χ1) is 17.6. The van der Waals surface area contributed by atoms with E-state index in [0.717, 1.165) is 28.0 Å². The number of benzene rings is 2. The average molecular weight is 488 g/mol. The summed E-state index contributed by atoms with van der Waals surface area (Å²) in [6, 6.07) is 15.8. The molecule has 4 aromatic rings. The Balaban J connectivity index is 1.24. The normalized spacial score (nSPS) is 20.5. The van der Waals surface area contributed by atoms with Gasteiger partial charge in [-0.3, -0.25) is 5.10 Å². The lowest BCUT2D eigenvalue weighted by molar-refractivity contribution is -0.184. The molecule has 0 saturated carbocycles. The van der Waals surface area contributed by atoms with Crippen molar-refractivity contribution in [3.8, 4) is 11.5 Å². The van der Waals surface area contributed by atoms with Gasteiger partial charge < -0.3 is 29.4 Å². The zero-order chi connectivity index (χ0) is 24.9. The van der Waals surface area contributed by atoms with Crippen molar-refractivity contribution in [3.63, 3.8) is 0 Å². The number of fused-ring (bicyclic) bond motifs is 1. The summed E-state index contributed by atoms with van der Waals surface area (Å²) >= 11 is 0. The van der Waals surface area contributed by atoms with Gasteiger partial charge in [0.15, 0.2) is 0 Å². The lowest BCUT2D eigenvalue weighted by atomic mass is 10.1. The van der Waals surface area contributed by atoms with Crippen molar-refractivity contribution >= 4 is 35.2 Å². The van der Waals surface area contributed by atoms with E-state index in [1.54, 1.807) is 13.2 Å². The summed E-state index contributed by atoms with van der Waals surface area (Å²) in [5.74, 6) is 1.20. The molecule has 1 aliphatic rings. The summed E-state index contributed by atoms with van der Waals surface area (Å²) in [6.45, 7) is -0.154. The predicted molar refractivity (Wildman–Crippen MR) is 139 cm³/mol. The zero-order valence-electron chi connectivity index (χ0n) is 19.9. The fraction of sp³-hybridized carbons (Fsp3) is 0.250. The Labute approximate surface area is 208 Å². The number of ether oxygens (including phenoxy) is 3. The summed E-state index contributed by atoms with van der Waals surface area (Å²) in [6.07, 6.45) is 8.92. The van der Waals surface area contributed by atoms with Crippen molar-refractivity contribution in [1.82, 2.24) is 15.2 Å². The van der Waals surface area contributed by atoms with Crippen molar-refractivity contribution < 1.29 is 24.4 Å². The fourth-order valence-electron chi connectivity index (χ4n) is 4.25. The van der Waals surface area contributed by atoms with Gasteiger partial charge in [0.25, 0.3) is 0 Å². The van der Waals surface area contributed by atoms with E-state index in [1.807, 2.05) is 48.7 Å². The van der Waals surface area contributed by atoms with Gasteiger partial charge in [0.05, 0.1) is 37.3 Å². The summed E-state index contributed by atoms with van der Waals surface area (Å²) in [4.78, 5) is 3.23. The second-order valence-corrected chi connectivity index (χ2v) is 8.76. The van der Waals surface area contributed by atoms with Crippen LogP contribution in [0.5, 0.6) is 11.5 Å². The minimum Gasteiger partial charge on any atom is -0.496 e. The summed E-state index contributed by atoms with van der Waals surface area (Å²) in [5.41, 5.74) is 4.75. The van der Waals surface area contributed by atoms with Gasteiger partial charge >= 0.3 is 0 Å². The topological polar surface area (TPSA) is 113 Å². The molecule has 1 aliphatic heterocycles. The van der Waals surface area contributed by atoms with Crippen molar-refractivity contribution in [3.05, 3.63) is 77.2 Å². The summed E-state index contributed by atoms with van der Waals surface area (Å²) in [7, 11) is 1.60. The van der Waals surface area contributed by atoms with Crippen LogP contribution in [0.25, 0.3) is 35.2 Å². The quantitative estimate of drug-likeness (QED) is 0.292. The van der Waals surface area contributed by atoms with Gasteiger partial charge in [-0.2, -0.15) is 5.10 Å². The number of rotatable bonds is 8. The maximum Gasteiger partial charge on any atom is 0.202 e. The molecule has 0 bridgehead atoms. The monoisotopic (exact) mass is 487 g/mol. The zero-order valence-corrected chi connectivity index (χ0v) is 19.9. The van der Waals surface area contributed by atoms with Crippen molar-refractivity contribution in [2.75, 3.05) is 13.7 Å². The molecule has 0 spiro atoms. The Bertz CT molecular complexity index is 1370. The van der Waals surface area contributed by atoms with Crippen LogP contribution >= 0.6 is 0 Å². The molecule has 0 amide bonds. The Hall–Kier alpha value is -3.85. The highest BCUT2D eigenvalue weighted by molar-refractivity contribution is 5.83. The molecule has 1 saturated heterocycles. The van der Waals surface area contributed by atoms with Gasteiger partial charge in [0.2, 0.25) is 6.29 Å². The van der Waals surface area contributed by atoms with E-state index >= 15 is 0 Å². The number of aliphatic hydroxyl groups is 2. The van der Waals surface area contributed by atoms with E-state index in [1.165, 1.54) is 5.39 Å². The van der Waals surface area contributed by atoms with Gasteiger partial charge in [-0.1, -0.05) is 18.2 Å². The molecule has 2 aromatic carbocycles. The number of H-pyrrole nitrogens is 2. The van der Waals surface area contributed by atoms with Gasteiger partial charge in [-0.25, -0.2) is 0 Å². The predicted octanol–water partition coefficient (Wildman–Crippen LogP) is 4.48. The van der Waals surface area contributed by atoms with Gasteiger partial charge in [-0.15, -0.1) is 0 Å². The highest BCUT2D eigenvalue weighted by atomic mass is 16.7. The number of aromatic nitrogens is 3. The van der Waals surface area contributed by atoms with E-state index in [4.69, 9.17) is 14.2 Å². The second-order valence-electron chi connectivity index (χ2n) is 8.76. The minimum atomic E-state index is -0.627. The van der Waals surface area contributed by atoms with Crippen LogP contribution in [0, 0.1) is 0 Å².